The number of hydrogen-bond donors (Lipinski definition) is 0. The van der Waals surface area contributed by atoms with Crippen LogP contribution in [0.4, 0.5) is 0 Å². The maximum atomic E-state index is 12.7. The Morgan fingerprint density at radius 3 is 1.00 bits per heavy atom. The van der Waals surface area contributed by atoms with Crippen molar-refractivity contribution in [2.45, 2.75) is 271 Å². The number of unbranched alkanes of at least 4 members (excludes halogenated alkanes) is 24. The predicted molar refractivity (Wildman–Crippen MR) is 244 cm³/mol. The molecule has 0 saturated heterocycles. The molecule has 2 unspecified atom stereocenters. The van der Waals surface area contributed by atoms with Crippen molar-refractivity contribution in [3.05, 3.63) is 0 Å². The van der Waals surface area contributed by atoms with Gasteiger partial charge >= 0.3 is 11.9 Å². The minimum atomic E-state index is 0.0322. The first-order valence-electron chi connectivity index (χ1n) is 25.1. The molecule has 0 heterocycles. The molecule has 0 N–H and O–H groups in total. The molecular formula is C50H100N2O4. The summed E-state index contributed by atoms with van der Waals surface area (Å²) in [5.74, 6) is 0.0644. The average Bonchev–Trinajstić information content (AvgIpc) is 3.17. The number of ether oxygens (including phenoxy) is 2. The van der Waals surface area contributed by atoms with Gasteiger partial charge in [-0.3, -0.25) is 9.59 Å². The number of hydrogen-bond acceptors (Lipinski definition) is 6. The van der Waals surface area contributed by atoms with Crippen molar-refractivity contribution < 1.29 is 19.1 Å². The van der Waals surface area contributed by atoms with Gasteiger partial charge in [0.25, 0.3) is 0 Å². The van der Waals surface area contributed by atoms with Crippen molar-refractivity contribution >= 4 is 11.9 Å². The fourth-order valence-corrected chi connectivity index (χ4v) is 7.86. The van der Waals surface area contributed by atoms with Crippen LogP contribution in [0.2, 0.25) is 0 Å². The zero-order valence-corrected chi connectivity index (χ0v) is 39.0. The first kappa shape index (κ1) is 54.9. The summed E-state index contributed by atoms with van der Waals surface area (Å²) in [5, 5.41) is 0. The van der Waals surface area contributed by atoms with Crippen LogP contribution >= 0.6 is 0 Å². The second kappa shape index (κ2) is 43.4. The summed E-state index contributed by atoms with van der Waals surface area (Å²) in [6.45, 7) is 13.6. The van der Waals surface area contributed by atoms with Crippen molar-refractivity contribution in [2.75, 3.05) is 40.3 Å². The van der Waals surface area contributed by atoms with Crippen molar-refractivity contribution in [3.63, 3.8) is 0 Å². The number of likely N-dealkylation sites (N-methyl/N-ethyl adjacent to an activating group) is 1. The molecule has 6 nitrogen and oxygen atoms in total. The van der Waals surface area contributed by atoms with Gasteiger partial charge in [0, 0.05) is 25.9 Å². The van der Waals surface area contributed by atoms with Crippen LogP contribution in [0.15, 0.2) is 0 Å². The first-order chi connectivity index (χ1) is 27.4. The Bertz CT molecular complexity index is 761. The van der Waals surface area contributed by atoms with Gasteiger partial charge < -0.3 is 19.3 Å². The third-order valence-electron chi connectivity index (χ3n) is 11.7. The van der Waals surface area contributed by atoms with Gasteiger partial charge in [-0.1, -0.05) is 169 Å². The Hall–Kier alpha value is -1.14. The lowest BCUT2D eigenvalue weighted by molar-refractivity contribution is -0.151. The van der Waals surface area contributed by atoms with E-state index in [1.54, 1.807) is 0 Å². The predicted octanol–water partition coefficient (Wildman–Crippen LogP) is 14.8. The van der Waals surface area contributed by atoms with Gasteiger partial charge in [-0.05, 0) is 104 Å². The smallest absolute Gasteiger partial charge is 0.306 e. The van der Waals surface area contributed by atoms with Crippen LogP contribution in [-0.2, 0) is 19.1 Å². The number of rotatable bonds is 45. The van der Waals surface area contributed by atoms with E-state index >= 15 is 0 Å². The summed E-state index contributed by atoms with van der Waals surface area (Å²) in [6, 6.07) is 0. The Balaban J connectivity index is 4.25. The van der Waals surface area contributed by atoms with Crippen molar-refractivity contribution in [3.8, 4) is 0 Å². The van der Waals surface area contributed by atoms with Crippen LogP contribution in [0, 0.1) is 0 Å². The Morgan fingerprint density at radius 2 is 0.643 bits per heavy atom. The number of esters is 2. The van der Waals surface area contributed by atoms with E-state index in [0.29, 0.717) is 12.8 Å². The monoisotopic (exact) mass is 793 g/mol. The highest BCUT2D eigenvalue weighted by Crippen LogP contribution is 2.19. The fraction of sp³-hybridized carbons (Fsp3) is 0.960. The largest absolute Gasteiger partial charge is 0.462 e. The number of carbonyl (C=O) groups excluding carboxylic acids is 2. The standard InChI is InChI=1S/C50H100N2O4/c1-7-11-15-17-19-23-31-39-47(37-29-13-9-3)55-49(53)41-33-25-21-27-35-43-52(46-45-51(5)6)44-36-28-22-26-34-42-50(54)56-48(38-30-14-10-4)40-32-24-20-18-16-12-8-2/h47-48H,7-46H2,1-6H3. The molecule has 0 aliphatic carbocycles. The van der Waals surface area contributed by atoms with Gasteiger partial charge in [0.15, 0.2) is 0 Å². The van der Waals surface area contributed by atoms with Crippen molar-refractivity contribution in [1.29, 1.82) is 0 Å². The molecule has 0 aromatic rings. The van der Waals surface area contributed by atoms with Crippen LogP contribution in [0.3, 0.4) is 0 Å². The highest BCUT2D eigenvalue weighted by atomic mass is 16.5. The summed E-state index contributed by atoms with van der Waals surface area (Å²) in [7, 11) is 4.33. The highest BCUT2D eigenvalue weighted by molar-refractivity contribution is 5.69. The Morgan fingerprint density at radius 1 is 0.357 bits per heavy atom. The van der Waals surface area contributed by atoms with E-state index in [1.165, 1.54) is 167 Å². The molecule has 0 amide bonds. The Kier molecular flexibility index (Phi) is 42.6. The molecule has 0 saturated carbocycles. The van der Waals surface area contributed by atoms with Gasteiger partial charge in [0.2, 0.25) is 0 Å². The van der Waals surface area contributed by atoms with E-state index in [4.69, 9.17) is 9.47 Å². The highest BCUT2D eigenvalue weighted by Gasteiger charge is 2.16. The van der Waals surface area contributed by atoms with E-state index in [-0.39, 0.29) is 24.1 Å². The van der Waals surface area contributed by atoms with E-state index in [9.17, 15) is 9.59 Å². The lowest BCUT2D eigenvalue weighted by atomic mass is 10.0. The topological polar surface area (TPSA) is 59.1 Å². The number of carbonyl (C=O) groups is 2. The summed E-state index contributed by atoms with van der Waals surface area (Å²) in [4.78, 5) is 30.4. The molecule has 6 heteroatoms. The molecule has 334 valence electrons. The molecule has 2 atom stereocenters. The lowest BCUT2D eigenvalue weighted by Crippen LogP contribution is -2.33. The first-order valence-corrected chi connectivity index (χ1v) is 25.1. The Labute approximate surface area is 351 Å². The third kappa shape index (κ3) is 39.7. The van der Waals surface area contributed by atoms with Crippen LogP contribution < -0.4 is 0 Å². The molecule has 0 radical (unpaired) electrons. The molecule has 0 fully saturated rings. The van der Waals surface area contributed by atoms with Gasteiger partial charge in [0.05, 0.1) is 0 Å². The summed E-state index contributed by atoms with van der Waals surface area (Å²) >= 11 is 0. The van der Waals surface area contributed by atoms with E-state index < -0.39 is 0 Å². The van der Waals surface area contributed by atoms with Gasteiger partial charge in [-0.25, -0.2) is 0 Å². The zero-order chi connectivity index (χ0) is 41.2. The number of nitrogens with zero attached hydrogens (tertiary/aromatic N) is 2. The minimum absolute atomic E-state index is 0.0322. The third-order valence-corrected chi connectivity index (χ3v) is 11.7. The van der Waals surface area contributed by atoms with Crippen LogP contribution in [0.25, 0.3) is 0 Å². The molecule has 0 aliphatic heterocycles. The van der Waals surface area contributed by atoms with Gasteiger partial charge in [-0.15, -0.1) is 0 Å². The maximum Gasteiger partial charge on any atom is 0.306 e. The zero-order valence-electron chi connectivity index (χ0n) is 39.0. The quantitative estimate of drug-likeness (QED) is 0.0452. The van der Waals surface area contributed by atoms with E-state index in [2.05, 4.69) is 51.6 Å². The van der Waals surface area contributed by atoms with Crippen molar-refractivity contribution in [1.82, 2.24) is 9.80 Å². The van der Waals surface area contributed by atoms with E-state index in [1.807, 2.05) is 0 Å². The second-order valence-electron chi connectivity index (χ2n) is 17.7. The van der Waals surface area contributed by atoms with Crippen LogP contribution in [0.1, 0.15) is 259 Å². The lowest BCUT2D eigenvalue weighted by Gasteiger charge is -2.24. The molecule has 0 aromatic carbocycles. The summed E-state index contributed by atoms with van der Waals surface area (Å²) in [6.07, 6.45) is 42.6. The van der Waals surface area contributed by atoms with E-state index in [0.717, 1.165) is 77.5 Å². The van der Waals surface area contributed by atoms with Crippen LogP contribution in [0.5, 0.6) is 0 Å². The molecule has 56 heavy (non-hydrogen) atoms. The van der Waals surface area contributed by atoms with Crippen molar-refractivity contribution in [2.24, 2.45) is 0 Å². The average molecular weight is 793 g/mol. The maximum absolute atomic E-state index is 12.7. The molecule has 0 aliphatic rings. The van der Waals surface area contributed by atoms with Gasteiger partial charge in [0.1, 0.15) is 12.2 Å². The molecule has 0 bridgehead atoms. The molecule has 0 rings (SSSR count). The van der Waals surface area contributed by atoms with Crippen LogP contribution in [-0.4, -0.2) is 74.2 Å². The molecular weight excluding hydrogens is 693 g/mol. The minimum Gasteiger partial charge on any atom is -0.462 e. The normalized spacial score (nSPS) is 12.8. The second-order valence-corrected chi connectivity index (χ2v) is 17.7. The SMILES string of the molecule is CCCCCCCCCC(CCCCC)OC(=O)CCCCCCCN(CCCCCCCC(=O)OC(CCCCC)CCCCCCCCC)CCN(C)C. The van der Waals surface area contributed by atoms with Gasteiger partial charge in [-0.2, -0.15) is 0 Å². The molecule has 0 aromatic heterocycles. The molecule has 0 spiro atoms. The summed E-state index contributed by atoms with van der Waals surface area (Å²) in [5.41, 5.74) is 0. The summed E-state index contributed by atoms with van der Waals surface area (Å²) < 4.78 is 12.0. The fourth-order valence-electron chi connectivity index (χ4n) is 7.86.